The molecule has 0 saturated carbocycles. The number of fused-ring (bicyclic) bond motifs is 8. The van der Waals surface area contributed by atoms with Crippen molar-refractivity contribution in [1.29, 1.82) is 0 Å². The van der Waals surface area contributed by atoms with E-state index in [0.717, 1.165) is 39.0 Å². The van der Waals surface area contributed by atoms with Gasteiger partial charge < -0.3 is 0 Å². The first-order chi connectivity index (χ1) is 21.3. The zero-order valence-electron chi connectivity index (χ0n) is 23.2. The summed E-state index contributed by atoms with van der Waals surface area (Å²) in [6, 6.07) is 54.7. The molecule has 0 unspecified atom stereocenters. The topological polar surface area (TPSA) is 16.4 Å². The number of para-hydroxylation sites is 1. The first-order valence-corrected chi connectivity index (χ1v) is 16.2. The van der Waals surface area contributed by atoms with Crippen molar-refractivity contribution in [2.75, 3.05) is 4.90 Å². The van der Waals surface area contributed by atoms with Gasteiger partial charge in [0, 0.05) is 0 Å². The molecule has 202 valence electrons. The minimum absolute atomic E-state index is 0.231. The Hall–Kier alpha value is -5.08. The molecule has 0 aliphatic rings. The molecule has 2 nitrogen and oxygen atoms in total. The third-order valence-corrected chi connectivity index (χ3v) is 11.0. The van der Waals surface area contributed by atoms with Gasteiger partial charge in [0.05, 0.1) is 0 Å². The van der Waals surface area contributed by atoms with Gasteiger partial charge in [-0.25, -0.2) is 0 Å². The molecular weight excluding hydrogens is 589 g/mol. The molecule has 0 spiro atoms. The van der Waals surface area contributed by atoms with Gasteiger partial charge in [0.15, 0.2) is 0 Å². The average molecular weight is 615 g/mol. The Labute approximate surface area is 254 Å². The summed E-state index contributed by atoms with van der Waals surface area (Å²) in [7, 11) is 0. The summed E-state index contributed by atoms with van der Waals surface area (Å²) in [5, 5.41) is 7.70. The summed E-state index contributed by atoms with van der Waals surface area (Å²) >= 11 is 0.231. The third kappa shape index (κ3) is 4.01. The van der Waals surface area contributed by atoms with Crippen molar-refractivity contribution in [3.63, 3.8) is 0 Å². The zero-order valence-corrected chi connectivity index (χ0v) is 24.9. The Balaban J connectivity index is 1.24. The SMILES string of the molecule is c1ccc(-c2ccc(N(c3ccc4c(c3)[se]c3c5ccccc5ccc43)c3ccc4oc5ccccc5c4c3)cc2)cc1. The Bertz CT molecular complexity index is 2450. The molecule has 7 aromatic carbocycles. The Morgan fingerprint density at radius 1 is 0.419 bits per heavy atom. The van der Waals surface area contributed by atoms with Crippen LogP contribution in [-0.4, -0.2) is 14.5 Å². The second kappa shape index (κ2) is 9.74. The van der Waals surface area contributed by atoms with E-state index >= 15 is 0 Å². The summed E-state index contributed by atoms with van der Waals surface area (Å²) in [6.07, 6.45) is 0. The molecule has 0 amide bonds. The van der Waals surface area contributed by atoms with Crippen LogP contribution in [0.15, 0.2) is 156 Å². The molecule has 0 aliphatic heterocycles. The predicted octanol–water partition coefficient (Wildman–Crippen LogP) is 11.2. The molecular formula is C40H25NOSe. The van der Waals surface area contributed by atoms with Gasteiger partial charge in [0.2, 0.25) is 0 Å². The molecule has 2 heterocycles. The van der Waals surface area contributed by atoms with E-state index in [2.05, 4.69) is 144 Å². The number of rotatable bonds is 4. The van der Waals surface area contributed by atoms with Crippen LogP contribution in [0.4, 0.5) is 17.1 Å². The van der Waals surface area contributed by atoms with Gasteiger partial charge in [-0.15, -0.1) is 0 Å². The van der Waals surface area contributed by atoms with Crippen molar-refractivity contribution in [1.82, 2.24) is 0 Å². The van der Waals surface area contributed by atoms with Crippen LogP contribution in [0.3, 0.4) is 0 Å². The van der Waals surface area contributed by atoms with Gasteiger partial charge in [0.1, 0.15) is 0 Å². The normalized spacial score (nSPS) is 11.7. The molecule has 2 aromatic heterocycles. The number of anilines is 3. The molecule has 43 heavy (non-hydrogen) atoms. The van der Waals surface area contributed by atoms with Crippen molar-refractivity contribution in [2.24, 2.45) is 0 Å². The second-order valence-corrected chi connectivity index (χ2v) is 13.2. The maximum absolute atomic E-state index is 6.18. The molecule has 0 bridgehead atoms. The summed E-state index contributed by atoms with van der Waals surface area (Å²) in [4.78, 5) is 2.38. The van der Waals surface area contributed by atoms with E-state index in [-0.39, 0.29) is 14.5 Å². The summed E-state index contributed by atoms with van der Waals surface area (Å²) in [5.74, 6) is 0. The van der Waals surface area contributed by atoms with Crippen molar-refractivity contribution >= 4 is 83.6 Å². The van der Waals surface area contributed by atoms with Crippen molar-refractivity contribution in [2.45, 2.75) is 0 Å². The van der Waals surface area contributed by atoms with Crippen LogP contribution in [0.5, 0.6) is 0 Å². The Kier molecular flexibility index (Phi) is 5.55. The molecule has 0 fully saturated rings. The Morgan fingerprint density at radius 3 is 1.95 bits per heavy atom. The van der Waals surface area contributed by atoms with E-state index in [1.807, 2.05) is 12.1 Å². The van der Waals surface area contributed by atoms with Gasteiger partial charge in [-0.3, -0.25) is 0 Å². The monoisotopic (exact) mass is 615 g/mol. The first-order valence-electron chi connectivity index (χ1n) is 14.5. The van der Waals surface area contributed by atoms with Gasteiger partial charge in [-0.05, 0) is 0 Å². The molecule has 3 heteroatoms. The number of furan rings is 1. The average Bonchev–Trinajstić information content (AvgIpc) is 3.64. The van der Waals surface area contributed by atoms with Crippen molar-refractivity contribution in [3.05, 3.63) is 152 Å². The van der Waals surface area contributed by atoms with Crippen LogP contribution in [0.2, 0.25) is 0 Å². The summed E-state index contributed by atoms with van der Waals surface area (Å²) < 4.78 is 9.10. The fraction of sp³-hybridized carbons (Fsp3) is 0. The van der Waals surface area contributed by atoms with E-state index in [9.17, 15) is 0 Å². The fourth-order valence-electron chi connectivity index (χ4n) is 6.37. The fourth-order valence-corrected chi connectivity index (χ4v) is 9.03. The van der Waals surface area contributed by atoms with E-state index in [4.69, 9.17) is 4.42 Å². The molecule has 0 aliphatic carbocycles. The predicted molar refractivity (Wildman–Crippen MR) is 183 cm³/mol. The second-order valence-electron chi connectivity index (χ2n) is 11.0. The third-order valence-electron chi connectivity index (χ3n) is 8.46. The first kappa shape index (κ1) is 24.5. The van der Waals surface area contributed by atoms with E-state index < -0.39 is 0 Å². The van der Waals surface area contributed by atoms with Crippen molar-refractivity contribution < 1.29 is 4.42 Å². The summed E-state index contributed by atoms with van der Waals surface area (Å²) in [5.41, 5.74) is 7.65. The molecule has 9 rings (SSSR count). The van der Waals surface area contributed by atoms with Crippen LogP contribution in [0.1, 0.15) is 0 Å². The maximum atomic E-state index is 6.18. The minimum atomic E-state index is 0.231. The van der Waals surface area contributed by atoms with E-state index in [0.29, 0.717) is 0 Å². The number of hydrogen-bond donors (Lipinski definition) is 0. The molecule has 0 radical (unpaired) electrons. The number of benzene rings is 7. The van der Waals surface area contributed by atoms with Crippen LogP contribution in [-0.2, 0) is 0 Å². The van der Waals surface area contributed by atoms with E-state index in [1.54, 1.807) is 0 Å². The van der Waals surface area contributed by atoms with Crippen LogP contribution in [0, 0.1) is 0 Å². The molecule has 0 atom stereocenters. The number of hydrogen-bond acceptors (Lipinski definition) is 2. The van der Waals surface area contributed by atoms with Gasteiger partial charge in [-0.1, -0.05) is 0 Å². The molecule has 0 saturated heterocycles. The van der Waals surface area contributed by atoms with Crippen LogP contribution in [0.25, 0.3) is 63.1 Å². The van der Waals surface area contributed by atoms with Crippen molar-refractivity contribution in [3.8, 4) is 11.1 Å². The molecule has 0 N–H and O–H groups in total. The van der Waals surface area contributed by atoms with Gasteiger partial charge in [0.25, 0.3) is 0 Å². The standard InChI is InChI=1S/C40H25NOSe/c1-2-8-26(9-3-1)27-14-17-29(18-15-27)41(30-20-23-38-36(24-30)33-12-6-7-13-37(33)42-38)31-19-22-34-35-21-16-28-10-4-5-11-32(28)40(35)43-39(34)25-31/h1-25H. The molecule has 9 aromatic rings. The van der Waals surface area contributed by atoms with Crippen LogP contribution < -0.4 is 4.90 Å². The number of nitrogens with zero attached hydrogens (tertiary/aromatic N) is 1. The van der Waals surface area contributed by atoms with E-state index in [1.165, 1.54) is 41.2 Å². The Morgan fingerprint density at radius 2 is 1.07 bits per heavy atom. The summed E-state index contributed by atoms with van der Waals surface area (Å²) in [6.45, 7) is 0. The van der Waals surface area contributed by atoms with Gasteiger partial charge in [-0.2, -0.15) is 0 Å². The van der Waals surface area contributed by atoms with Gasteiger partial charge >= 0.3 is 256 Å². The van der Waals surface area contributed by atoms with Crippen LogP contribution >= 0.6 is 0 Å². The quantitative estimate of drug-likeness (QED) is 0.183. The zero-order chi connectivity index (χ0) is 28.3.